The predicted octanol–water partition coefficient (Wildman–Crippen LogP) is 3.12. The van der Waals surface area contributed by atoms with Crippen LogP contribution in [0.2, 0.25) is 0 Å². The van der Waals surface area contributed by atoms with Crippen LogP contribution in [0.5, 0.6) is 0 Å². The minimum Gasteiger partial charge on any atom is -0.330 e. The molecule has 0 amide bonds. The first-order valence-electron chi connectivity index (χ1n) is 7.56. The fourth-order valence-corrected chi connectivity index (χ4v) is 2.85. The summed E-state index contributed by atoms with van der Waals surface area (Å²) in [5, 5.41) is 0. The third kappa shape index (κ3) is 5.87. The lowest BCUT2D eigenvalue weighted by molar-refractivity contribution is 0.262. The van der Waals surface area contributed by atoms with Gasteiger partial charge in [0, 0.05) is 0 Å². The molecule has 1 saturated heterocycles. The van der Waals surface area contributed by atoms with Crippen molar-refractivity contribution in [2.75, 3.05) is 26.2 Å². The van der Waals surface area contributed by atoms with Crippen molar-refractivity contribution >= 4 is 0 Å². The van der Waals surface area contributed by atoms with Gasteiger partial charge in [-0.3, -0.25) is 0 Å². The number of nitrogens with zero attached hydrogens (tertiary/aromatic N) is 1. The molecule has 0 radical (unpaired) electrons. The zero-order valence-corrected chi connectivity index (χ0v) is 12.1. The van der Waals surface area contributed by atoms with Crippen LogP contribution in [0, 0.1) is 17.8 Å². The number of rotatable bonds is 6. The molecule has 1 aliphatic rings. The van der Waals surface area contributed by atoms with Gasteiger partial charge in [-0.15, -0.1) is 0 Å². The van der Waals surface area contributed by atoms with Gasteiger partial charge in [-0.2, -0.15) is 0 Å². The third-order valence-corrected chi connectivity index (χ3v) is 4.38. The van der Waals surface area contributed by atoms with Crippen molar-refractivity contribution in [1.29, 1.82) is 0 Å². The van der Waals surface area contributed by atoms with Crippen LogP contribution in [0.3, 0.4) is 0 Å². The first-order valence-corrected chi connectivity index (χ1v) is 7.56. The molecule has 0 bridgehead atoms. The first kappa shape index (κ1) is 15.0. The van der Waals surface area contributed by atoms with Gasteiger partial charge in [0.15, 0.2) is 0 Å². The molecule has 2 unspecified atom stereocenters. The van der Waals surface area contributed by atoms with Crippen LogP contribution in [-0.4, -0.2) is 31.1 Å². The second kappa shape index (κ2) is 8.10. The molecular formula is C15H32N2. The molecule has 0 aromatic rings. The fourth-order valence-electron chi connectivity index (χ4n) is 2.85. The number of nitrogens with two attached hydrogens (primary N) is 1. The zero-order valence-electron chi connectivity index (χ0n) is 12.1. The van der Waals surface area contributed by atoms with E-state index >= 15 is 0 Å². The first-order chi connectivity index (χ1) is 8.13. The summed E-state index contributed by atoms with van der Waals surface area (Å²) in [4.78, 5) is 2.67. The SMILES string of the molecule is CC(CN)CCCN1CCCC(C(C)C)CC1. The summed E-state index contributed by atoms with van der Waals surface area (Å²) in [7, 11) is 0. The van der Waals surface area contributed by atoms with Crippen LogP contribution in [0.15, 0.2) is 0 Å². The van der Waals surface area contributed by atoms with Crippen LogP contribution in [0.4, 0.5) is 0 Å². The van der Waals surface area contributed by atoms with Crippen molar-refractivity contribution in [3.8, 4) is 0 Å². The van der Waals surface area contributed by atoms with Crippen LogP contribution in [0.25, 0.3) is 0 Å². The molecule has 1 fully saturated rings. The topological polar surface area (TPSA) is 29.3 Å². The lowest BCUT2D eigenvalue weighted by atomic mass is 9.89. The van der Waals surface area contributed by atoms with E-state index in [1.807, 2.05) is 0 Å². The Bertz CT molecular complexity index is 191. The lowest BCUT2D eigenvalue weighted by Gasteiger charge is -2.21. The van der Waals surface area contributed by atoms with Gasteiger partial charge < -0.3 is 10.6 Å². The van der Waals surface area contributed by atoms with Gasteiger partial charge in [0.05, 0.1) is 0 Å². The number of hydrogen-bond acceptors (Lipinski definition) is 2. The second-order valence-corrected chi connectivity index (χ2v) is 6.26. The normalized spacial score (nSPS) is 24.9. The molecule has 2 atom stereocenters. The van der Waals surface area contributed by atoms with Crippen molar-refractivity contribution in [3.05, 3.63) is 0 Å². The van der Waals surface area contributed by atoms with Crippen molar-refractivity contribution in [1.82, 2.24) is 4.90 Å². The molecule has 0 aliphatic carbocycles. The third-order valence-electron chi connectivity index (χ3n) is 4.38. The summed E-state index contributed by atoms with van der Waals surface area (Å²) >= 11 is 0. The largest absolute Gasteiger partial charge is 0.330 e. The molecule has 2 nitrogen and oxygen atoms in total. The Kier molecular flexibility index (Phi) is 7.14. The van der Waals surface area contributed by atoms with Crippen LogP contribution < -0.4 is 5.73 Å². The summed E-state index contributed by atoms with van der Waals surface area (Å²) in [5.74, 6) is 2.53. The highest BCUT2D eigenvalue weighted by Crippen LogP contribution is 2.24. The van der Waals surface area contributed by atoms with Gasteiger partial charge in [0.25, 0.3) is 0 Å². The Morgan fingerprint density at radius 3 is 2.59 bits per heavy atom. The highest BCUT2D eigenvalue weighted by atomic mass is 15.1. The second-order valence-electron chi connectivity index (χ2n) is 6.26. The van der Waals surface area contributed by atoms with Gasteiger partial charge in [-0.25, -0.2) is 0 Å². The summed E-state index contributed by atoms with van der Waals surface area (Å²) in [6.45, 7) is 11.8. The molecule has 0 saturated carbocycles. The van der Waals surface area contributed by atoms with Gasteiger partial charge >= 0.3 is 0 Å². The lowest BCUT2D eigenvalue weighted by Crippen LogP contribution is -2.27. The van der Waals surface area contributed by atoms with Crippen LogP contribution in [0.1, 0.15) is 52.9 Å². The standard InChI is InChI=1S/C15H32N2/c1-13(2)15-7-5-10-17(11-8-15)9-4-6-14(3)12-16/h13-15H,4-12,16H2,1-3H3. The Hall–Kier alpha value is -0.0800. The van der Waals surface area contributed by atoms with E-state index in [-0.39, 0.29) is 0 Å². The van der Waals surface area contributed by atoms with Gasteiger partial charge in [-0.1, -0.05) is 20.8 Å². The molecule has 0 aromatic heterocycles. The van der Waals surface area contributed by atoms with E-state index < -0.39 is 0 Å². The molecule has 0 aromatic carbocycles. The van der Waals surface area contributed by atoms with Crippen molar-refractivity contribution in [3.63, 3.8) is 0 Å². The molecule has 0 spiro atoms. The maximum Gasteiger partial charge on any atom is -0.00160 e. The Labute approximate surface area is 108 Å². The Morgan fingerprint density at radius 1 is 1.18 bits per heavy atom. The molecule has 1 rings (SSSR count). The van der Waals surface area contributed by atoms with Crippen LogP contribution in [-0.2, 0) is 0 Å². The summed E-state index contributed by atoms with van der Waals surface area (Å²) < 4.78 is 0. The van der Waals surface area contributed by atoms with Gasteiger partial charge in [-0.05, 0) is 76.0 Å². The molecule has 1 heterocycles. The maximum absolute atomic E-state index is 5.65. The van der Waals surface area contributed by atoms with Gasteiger partial charge in [0.1, 0.15) is 0 Å². The van der Waals surface area contributed by atoms with E-state index in [2.05, 4.69) is 25.7 Å². The van der Waals surface area contributed by atoms with Crippen molar-refractivity contribution in [2.24, 2.45) is 23.5 Å². The highest BCUT2D eigenvalue weighted by molar-refractivity contribution is 4.72. The van der Waals surface area contributed by atoms with E-state index in [0.29, 0.717) is 5.92 Å². The molecule has 102 valence electrons. The smallest absolute Gasteiger partial charge is 0.00160 e. The van der Waals surface area contributed by atoms with E-state index in [0.717, 1.165) is 18.4 Å². The molecule has 2 N–H and O–H groups in total. The fraction of sp³-hybridized carbons (Fsp3) is 1.00. The summed E-state index contributed by atoms with van der Waals surface area (Å²) in [6.07, 6.45) is 6.86. The van der Waals surface area contributed by atoms with Crippen LogP contribution >= 0.6 is 0 Å². The monoisotopic (exact) mass is 240 g/mol. The minimum atomic E-state index is 0.699. The summed E-state index contributed by atoms with van der Waals surface area (Å²) in [5.41, 5.74) is 5.65. The Morgan fingerprint density at radius 2 is 1.94 bits per heavy atom. The molecule has 2 heteroatoms. The van der Waals surface area contributed by atoms with E-state index in [4.69, 9.17) is 5.73 Å². The number of hydrogen-bond donors (Lipinski definition) is 1. The average molecular weight is 240 g/mol. The zero-order chi connectivity index (χ0) is 12.7. The van der Waals surface area contributed by atoms with E-state index in [1.54, 1.807) is 0 Å². The van der Waals surface area contributed by atoms with Gasteiger partial charge in [0.2, 0.25) is 0 Å². The van der Waals surface area contributed by atoms with Crippen molar-refractivity contribution in [2.45, 2.75) is 52.9 Å². The quantitative estimate of drug-likeness (QED) is 0.773. The predicted molar refractivity (Wildman–Crippen MR) is 76.1 cm³/mol. The molecular weight excluding hydrogens is 208 g/mol. The molecule has 1 aliphatic heterocycles. The number of likely N-dealkylation sites (tertiary alicyclic amines) is 1. The summed E-state index contributed by atoms with van der Waals surface area (Å²) in [6, 6.07) is 0. The minimum absolute atomic E-state index is 0.699. The van der Waals surface area contributed by atoms with E-state index in [1.165, 1.54) is 51.7 Å². The Balaban J connectivity index is 2.18. The average Bonchev–Trinajstić information content (AvgIpc) is 2.54. The van der Waals surface area contributed by atoms with E-state index in [9.17, 15) is 0 Å². The molecule has 17 heavy (non-hydrogen) atoms. The van der Waals surface area contributed by atoms with Crippen molar-refractivity contribution < 1.29 is 0 Å². The highest BCUT2D eigenvalue weighted by Gasteiger charge is 2.19. The maximum atomic E-state index is 5.65.